The summed E-state index contributed by atoms with van der Waals surface area (Å²) in [5.74, 6) is 0.438. The number of hydrogen-bond acceptors (Lipinski definition) is 4. The van der Waals surface area contributed by atoms with E-state index in [9.17, 15) is 8.42 Å². The molecule has 2 rings (SSSR count). The Balaban J connectivity index is 2.38. The summed E-state index contributed by atoms with van der Waals surface area (Å²) in [6.07, 6.45) is 0. The highest BCUT2D eigenvalue weighted by Gasteiger charge is 2.17. The number of sulfonamides is 1. The summed E-state index contributed by atoms with van der Waals surface area (Å²) in [6.45, 7) is 1.83. The van der Waals surface area contributed by atoms with Gasteiger partial charge in [0.25, 0.3) is 10.0 Å². The van der Waals surface area contributed by atoms with Crippen molar-refractivity contribution in [2.75, 3.05) is 17.6 Å². The number of rotatable bonds is 4. The van der Waals surface area contributed by atoms with Gasteiger partial charge in [-0.2, -0.15) is 0 Å². The molecule has 0 amide bonds. The standard InChI is InChI=1S/C14H15BrN2O3S/c1-9-3-4-10(15)7-13(9)17-21(18,19)11-5-6-14(20-2)12(16)8-11/h3-8,17H,16H2,1-2H3. The van der Waals surface area contributed by atoms with Crippen LogP contribution in [0.5, 0.6) is 5.75 Å². The average Bonchev–Trinajstić information content (AvgIpc) is 2.42. The fraction of sp³-hybridized carbons (Fsp3) is 0.143. The molecule has 0 aliphatic heterocycles. The highest BCUT2D eigenvalue weighted by Crippen LogP contribution is 2.27. The molecule has 0 aromatic heterocycles. The van der Waals surface area contributed by atoms with E-state index >= 15 is 0 Å². The van der Waals surface area contributed by atoms with Gasteiger partial charge >= 0.3 is 0 Å². The zero-order chi connectivity index (χ0) is 15.6. The first-order valence-corrected chi connectivity index (χ1v) is 8.33. The van der Waals surface area contributed by atoms with Crippen molar-refractivity contribution in [1.82, 2.24) is 0 Å². The smallest absolute Gasteiger partial charge is 0.261 e. The lowest BCUT2D eigenvalue weighted by atomic mass is 10.2. The van der Waals surface area contributed by atoms with Crippen molar-refractivity contribution >= 4 is 37.3 Å². The van der Waals surface area contributed by atoms with Crippen molar-refractivity contribution in [3.63, 3.8) is 0 Å². The molecular formula is C14H15BrN2O3S. The van der Waals surface area contributed by atoms with Gasteiger partial charge < -0.3 is 10.5 Å². The van der Waals surface area contributed by atoms with E-state index in [2.05, 4.69) is 20.7 Å². The van der Waals surface area contributed by atoms with Gasteiger partial charge in [0.05, 0.1) is 23.4 Å². The van der Waals surface area contributed by atoms with Gasteiger partial charge in [-0.05, 0) is 42.8 Å². The third-order valence-corrected chi connectivity index (χ3v) is 4.81. The number of anilines is 2. The first kappa shape index (κ1) is 15.7. The molecule has 0 atom stereocenters. The predicted octanol–water partition coefficient (Wildman–Crippen LogP) is 3.15. The van der Waals surface area contributed by atoms with Crippen LogP contribution in [0.15, 0.2) is 45.8 Å². The number of nitrogens with one attached hydrogen (secondary N) is 1. The van der Waals surface area contributed by atoms with Crippen LogP contribution in [0.1, 0.15) is 5.56 Å². The van der Waals surface area contributed by atoms with Crippen LogP contribution < -0.4 is 15.2 Å². The van der Waals surface area contributed by atoms with Gasteiger partial charge in [0, 0.05) is 4.47 Å². The molecule has 0 saturated carbocycles. The van der Waals surface area contributed by atoms with E-state index in [1.165, 1.54) is 25.3 Å². The Morgan fingerprint density at radius 1 is 1.19 bits per heavy atom. The van der Waals surface area contributed by atoms with Crippen LogP contribution in [-0.4, -0.2) is 15.5 Å². The van der Waals surface area contributed by atoms with Gasteiger partial charge in [-0.1, -0.05) is 22.0 Å². The molecule has 5 nitrogen and oxygen atoms in total. The van der Waals surface area contributed by atoms with Crippen LogP contribution in [0.25, 0.3) is 0 Å². The SMILES string of the molecule is COc1ccc(S(=O)(=O)Nc2cc(Br)ccc2C)cc1N. The lowest BCUT2D eigenvalue weighted by Crippen LogP contribution is -2.14. The monoisotopic (exact) mass is 370 g/mol. The lowest BCUT2D eigenvalue weighted by molar-refractivity contribution is 0.416. The highest BCUT2D eigenvalue weighted by molar-refractivity contribution is 9.10. The number of hydrogen-bond donors (Lipinski definition) is 2. The molecular weight excluding hydrogens is 356 g/mol. The number of halogens is 1. The Hall–Kier alpha value is -1.73. The van der Waals surface area contributed by atoms with E-state index in [1.54, 1.807) is 6.07 Å². The third kappa shape index (κ3) is 3.48. The first-order valence-electron chi connectivity index (χ1n) is 6.06. The van der Waals surface area contributed by atoms with Crippen LogP contribution >= 0.6 is 15.9 Å². The number of methoxy groups -OCH3 is 1. The predicted molar refractivity (Wildman–Crippen MR) is 87.1 cm³/mol. The highest BCUT2D eigenvalue weighted by atomic mass is 79.9. The Kier molecular flexibility index (Phi) is 4.43. The molecule has 0 fully saturated rings. The van der Waals surface area contributed by atoms with E-state index in [0.717, 1.165) is 10.0 Å². The normalized spacial score (nSPS) is 11.2. The van der Waals surface area contributed by atoms with Crippen molar-refractivity contribution in [2.45, 2.75) is 11.8 Å². The number of nitrogens with two attached hydrogens (primary N) is 1. The maximum Gasteiger partial charge on any atom is 0.261 e. The Morgan fingerprint density at radius 2 is 1.90 bits per heavy atom. The Labute approximate surface area is 132 Å². The van der Waals surface area contributed by atoms with Gasteiger partial charge in [0.2, 0.25) is 0 Å². The largest absolute Gasteiger partial charge is 0.495 e. The minimum absolute atomic E-state index is 0.0835. The zero-order valence-corrected chi connectivity index (χ0v) is 14.0. The molecule has 0 unspecified atom stereocenters. The summed E-state index contributed by atoms with van der Waals surface area (Å²) >= 11 is 3.32. The molecule has 2 aromatic rings. The summed E-state index contributed by atoms with van der Waals surface area (Å²) in [4.78, 5) is 0.0835. The number of benzene rings is 2. The molecule has 2 aromatic carbocycles. The minimum atomic E-state index is -3.71. The summed E-state index contributed by atoms with van der Waals surface area (Å²) in [5, 5.41) is 0. The number of aryl methyl sites for hydroxylation is 1. The van der Waals surface area contributed by atoms with Gasteiger partial charge in [0.15, 0.2) is 0 Å². The molecule has 21 heavy (non-hydrogen) atoms. The summed E-state index contributed by atoms with van der Waals surface area (Å²) in [6, 6.07) is 9.72. The maximum absolute atomic E-state index is 12.4. The number of nitrogen functional groups attached to an aromatic ring is 1. The second kappa shape index (κ2) is 5.95. The molecule has 0 aliphatic carbocycles. The first-order chi connectivity index (χ1) is 9.83. The average molecular weight is 371 g/mol. The quantitative estimate of drug-likeness (QED) is 0.809. The molecule has 3 N–H and O–H groups in total. The molecule has 0 aliphatic rings. The van der Waals surface area contributed by atoms with Crippen LogP contribution in [0.4, 0.5) is 11.4 Å². The maximum atomic E-state index is 12.4. The number of ether oxygens (including phenoxy) is 1. The molecule has 112 valence electrons. The molecule has 0 heterocycles. The molecule has 0 radical (unpaired) electrons. The fourth-order valence-electron chi connectivity index (χ4n) is 1.79. The molecule has 0 saturated heterocycles. The van der Waals surface area contributed by atoms with Gasteiger partial charge in [-0.15, -0.1) is 0 Å². The third-order valence-electron chi connectivity index (χ3n) is 2.96. The van der Waals surface area contributed by atoms with E-state index in [1.807, 2.05) is 19.1 Å². The van der Waals surface area contributed by atoms with E-state index < -0.39 is 10.0 Å². The molecule has 0 bridgehead atoms. The van der Waals surface area contributed by atoms with Crippen molar-refractivity contribution < 1.29 is 13.2 Å². The van der Waals surface area contributed by atoms with Crippen LogP contribution in [0.2, 0.25) is 0 Å². The van der Waals surface area contributed by atoms with Crippen molar-refractivity contribution in [3.05, 3.63) is 46.4 Å². The van der Waals surface area contributed by atoms with Crippen molar-refractivity contribution in [1.29, 1.82) is 0 Å². The zero-order valence-electron chi connectivity index (χ0n) is 11.6. The summed E-state index contributed by atoms with van der Waals surface area (Å²) in [7, 11) is -2.23. The molecule has 7 heteroatoms. The van der Waals surface area contributed by atoms with E-state index in [0.29, 0.717) is 11.4 Å². The Morgan fingerprint density at radius 3 is 2.52 bits per heavy atom. The molecule has 0 spiro atoms. The van der Waals surface area contributed by atoms with E-state index in [4.69, 9.17) is 10.5 Å². The van der Waals surface area contributed by atoms with E-state index in [-0.39, 0.29) is 10.6 Å². The van der Waals surface area contributed by atoms with Crippen molar-refractivity contribution in [2.24, 2.45) is 0 Å². The van der Waals surface area contributed by atoms with Crippen LogP contribution in [-0.2, 0) is 10.0 Å². The van der Waals surface area contributed by atoms with Gasteiger partial charge in [-0.3, -0.25) is 4.72 Å². The second-order valence-corrected chi connectivity index (χ2v) is 7.07. The Bertz CT molecular complexity index is 776. The summed E-state index contributed by atoms with van der Waals surface area (Å²) in [5.41, 5.74) is 7.36. The van der Waals surface area contributed by atoms with Gasteiger partial charge in [-0.25, -0.2) is 8.42 Å². The van der Waals surface area contributed by atoms with Gasteiger partial charge in [0.1, 0.15) is 5.75 Å². The summed E-state index contributed by atoms with van der Waals surface area (Å²) < 4.78 is 33.2. The van der Waals surface area contributed by atoms with Crippen LogP contribution in [0.3, 0.4) is 0 Å². The lowest BCUT2D eigenvalue weighted by Gasteiger charge is -2.12. The van der Waals surface area contributed by atoms with Crippen molar-refractivity contribution in [3.8, 4) is 5.75 Å². The second-order valence-electron chi connectivity index (χ2n) is 4.47. The topological polar surface area (TPSA) is 81.4 Å². The van der Waals surface area contributed by atoms with Crippen LogP contribution in [0, 0.1) is 6.92 Å². The minimum Gasteiger partial charge on any atom is -0.495 e. The fourth-order valence-corrected chi connectivity index (χ4v) is 3.31.